The molecule has 0 aromatic heterocycles. The Balaban J connectivity index is 2.96. The Labute approximate surface area is 95.8 Å². The van der Waals surface area contributed by atoms with Crippen molar-refractivity contribution in [2.24, 2.45) is 0 Å². The maximum absolute atomic E-state index is 2.48. The summed E-state index contributed by atoms with van der Waals surface area (Å²) in [5.74, 6) is 0. The van der Waals surface area contributed by atoms with Crippen LogP contribution in [0.25, 0.3) is 0 Å². The Morgan fingerprint density at radius 3 is 2.67 bits per heavy atom. The molecule has 0 nitrogen and oxygen atoms in total. The second-order valence-electron chi connectivity index (χ2n) is 2.49. The molecule has 0 radical (unpaired) electrons. The molecule has 0 saturated heterocycles. The summed E-state index contributed by atoms with van der Waals surface area (Å²) in [6.45, 7) is 2.27. The van der Waals surface area contributed by atoms with E-state index in [9.17, 15) is 0 Å². The normalized spacial score (nSPS) is 12.9. The van der Waals surface area contributed by atoms with E-state index in [1.807, 2.05) is 11.8 Å². The minimum atomic E-state index is 0.596. The SMILES string of the molecule is CS[C@@H](C)c1ccccc1[Se]I. The molecule has 0 bridgehead atoms. The van der Waals surface area contributed by atoms with Crippen molar-refractivity contribution in [2.45, 2.75) is 12.2 Å². The predicted molar refractivity (Wildman–Crippen MR) is 67.8 cm³/mol. The third-order valence-electron chi connectivity index (χ3n) is 1.79. The van der Waals surface area contributed by atoms with Gasteiger partial charge in [0.1, 0.15) is 0 Å². The number of halogens is 1. The van der Waals surface area contributed by atoms with Gasteiger partial charge in [-0.05, 0) is 0 Å². The van der Waals surface area contributed by atoms with Gasteiger partial charge in [0, 0.05) is 0 Å². The molecular formula is C9H11ISSe. The second kappa shape index (κ2) is 5.53. The van der Waals surface area contributed by atoms with Crippen molar-refractivity contribution in [2.75, 3.05) is 6.26 Å². The zero-order valence-electron chi connectivity index (χ0n) is 7.08. The van der Waals surface area contributed by atoms with E-state index in [4.69, 9.17) is 0 Å². The molecular weight excluding hydrogens is 346 g/mol. The molecule has 1 aromatic carbocycles. The Hall–Kier alpha value is 0.819. The fraction of sp³-hybridized carbons (Fsp3) is 0.333. The van der Waals surface area contributed by atoms with Crippen LogP contribution in [0.5, 0.6) is 0 Å². The van der Waals surface area contributed by atoms with Crippen LogP contribution in [0.4, 0.5) is 0 Å². The number of hydrogen-bond acceptors (Lipinski definition) is 1. The van der Waals surface area contributed by atoms with Crippen molar-refractivity contribution in [3.8, 4) is 0 Å². The van der Waals surface area contributed by atoms with Crippen LogP contribution >= 0.6 is 32.1 Å². The number of benzene rings is 1. The monoisotopic (exact) mass is 358 g/mol. The van der Waals surface area contributed by atoms with E-state index in [0.29, 0.717) is 17.0 Å². The Bertz CT molecular complexity index is 252. The molecule has 0 heterocycles. The van der Waals surface area contributed by atoms with Gasteiger partial charge in [0.15, 0.2) is 0 Å². The van der Waals surface area contributed by atoms with Crippen LogP contribution in [-0.2, 0) is 0 Å². The summed E-state index contributed by atoms with van der Waals surface area (Å²) in [6, 6.07) is 8.76. The van der Waals surface area contributed by atoms with Crippen LogP contribution in [-0.4, -0.2) is 18.0 Å². The van der Waals surface area contributed by atoms with Gasteiger partial charge in [-0.2, -0.15) is 0 Å². The van der Waals surface area contributed by atoms with E-state index in [2.05, 4.69) is 57.8 Å². The molecule has 0 N–H and O–H groups in total. The fourth-order valence-corrected chi connectivity index (χ4v) is 4.70. The van der Waals surface area contributed by atoms with Crippen LogP contribution < -0.4 is 4.46 Å². The van der Waals surface area contributed by atoms with Gasteiger partial charge in [0.05, 0.1) is 0 Å². The van der Waals surface area contributed by atoms with Crippen molar-refractivity contribution < 1.29 is 0 Å². The molecule has 0 aliphatic carbocycles. The van der Waals surface area contributed by atoms with Crippen LogP contribution in [0.1, 0.15) is 17.7 Å². The Morgan fingerprint density at radius 2 is 2.08 bits per heavy atom. The molecule has 1 atom stereocenters. The van der Waals surface area contributed by atoms with Gasteiger partial charge >= 0.3 is 96.5 Å². The molecule has 0 amide bonds. The first-order valence-electron chi connectivity index (χ1n) is 3.70. The summed E-state index contributed by atoms with van der Waals surface area (Å²) in [7, 11) is 0. The summed E-state index contributed by atoms with van der Waals surface area (Å²) in [4.78, 5) is 0. The van der Waals surface area contributed by atoms with Crippen LogP contribution in [0.15, 0.2) is 24.3 Å². The first-order chi connectivity index (χ1) is 5.79. The maximum atomic E-state index is 2.48. The molecule has 3 heteroatoms. The van der Waals surface area contributed by atoms with Crippen molar-refractivity contribution in [3.05, 3.63) is 29.8 Å². The second-order valence-corrected chi connectivity index (χ2v) is 7.21. The van der Waals surface area contributed by atoms with Crippen LogP contribution in [0.2, 0.25) is 0 Å². The van der Waals surface area contributed by atoms with Gasteiger partial charge in [-0.25, -0.2) is 0 Å². The minimum absolute atomic E-state index is 0.596. The third-order valence-corrected chi connectivity index (χ3v) is 6.35. The van der Waals surface area contributed by atoms with Crippen molar-refractivity contribution >= 4 is 48.3 Å². The number of rotatable bonds is 3. The van der Waals surface area contributed by atoms with Gasteiger partial charge in [-0.1, -0.05) is 0 Å². The molecule has 1 rings (SSSR count). The van der Waals surface area contributed by atoms with E-state index < -0.39 is 0 Å². The molecule has 0 saturated carbocycles. The molecule has 1 aromatic rings. The van der Waals surface area contributed by atoms with Crippen molar-refractivity contribution in [3.63, 3.8) is 0 Å². The van der Waals surface area contributed by atoms with Gasteiger partial charge in [0.2, 0.25) is 0 Å². The molecule has 0 aliphatic rings. The van der Waals surface area contributed by atoms with Crippen molar-refractivity contribution in [1.82, 2.24) is 0 Å². The van der Waals surface area contributed by atoms with E-state index >= 15 is 0 Å². The fourth-order valence-electron chi connectivity index (χ4n) is 1.01. The third kappa shape index (κ3) is 2.66. The van der Waals surface area contributed by atoms with Crippen LogP contribution in [0, 0.1) is 0 Å². The van der Waals surface area contributed by atoms with Gasteiger partial charge in [-0.3, -0.25) is 0 Å². The first kappa shape index (κ1) is 10.9. The van der Waals surface area contributed by atoms with E-state index in [1.165, 1.54) is 10.0 Å². The van der Waals surface area contributed by atoms with Gasteiger partial charge in [0.25, 0.3) is 0 Å². The average Bonchev–Trinajstić information content (AvgIpc) is 2.16. The Morgan fingerprint density at radius 1 is 1.42 bits per heavy atom. The quantitative estimate of drug-likeness (QED) is 0.592. The summed E-state index contributed by atoms with van der Waals surface area (Å²) in [6.07, 6.45) is 2.17. The zero-order chi connectivity index (χ0) is 8.97. The van der Waals surface area contributed by atoms with E-state index in [0.717, 1.165) is 0 Å². The summed E-state index contributed by atoms with van der Waals surface area (Å²) in [5, 5.41) is 0.637. The van der Waals surface area contributed by atoms with Crippen molar-refractivity contribution in [1.29, 1.82) is 0 Å². The van der Waals surface area contributed by atoms with Gasteiger partial charge < -0.3 is 0 Å². The van der Waals surface area contributed by atoms with E-state index in [1.54, 1.807) is 0 Å². The van der Waals surface area contributed by atoms with Gasteiger partial charge in [-0.15, -0.1) is 0 Å². The standard InChI is InChI=1S/C9H11ISSe/c1-7(11-2)8-5-3-4-6-9(8)12-10/h3-7H,1-2H3/t7-/m0/s1. The molecule has 0 aliphatic heterocycles. The van der Waals surface area contributed by atoms with E-state index in [-0.39, 0.29) is 0 Å². The molecule has 0 fully saturated rings. The molecule has 0 unspecified atom stereocenters. The summed E-state index contributed by atoms with van der Waals surface area (Å²) < 4.78 is 1.53. The predicted octanol–water partition coefficient (Wildman–Crippen LogP) is 2.79. The summed E-state index contributed by atoms with van der Waals surface area (Å²) >= 11 is 4.99. The number of hydrogen-bond donors (Lipinski definition) is 0. The Kier molecular flexibility index (Phi) is 5.02. The average molecular weight is 357 g/mol. The number of thioether (sulfide) groups is 1. The zero-order valence-corrected chi connectivity index (χ0v) is 11.8. The molecule has 12 heavy (non-hydrogen) atoms. The molecule has 66 valence electrons. The first-order valence-corrected chi connectivity index (χ1v) is 11.1. The van der Waals surface area contributed by atoms with Crippen LogP contribution in [0.3, 0.4) is 0 Å². The topological polar surface area (TPSA) is 0 Å². The summed E-state index contributed by atoms with van der Waals surface area (Å²) in [5.41, 5.74) is 1.51. The molecule has 0 spiro atoms.